The molecule has 0 spiro atoms. The Hall–Kier alpha value is -1.84. The summed E-state index contributed by atoms with van der Waals surface area (Å²) in [4.78, 5) is 25.2. The zero-order valence-electron chi connectivity index (χ0n) is 15.9. The van der Waals surface area contributed by atoms with Crippen LogP contribution in [-0.2, 0) is 9.59 Å². The molecule has 1 aromatic rings. The van der Waals surface area contributed by atoms with E-state index in [4.69, 9.17) is 0 Å². The van der Waals surface area contributed by atoms with Gasteiger partial charge in [0, 0.05) is 24.1 Å². The standard InChI is InChI=1S/C22H30N2O2/c1-14-4-3-5-15(2)20(14)24-19(25)6-7-23-21(26)22-11-16-8-17(12-22)10-18(9-16)13-22/h3-5,16-18H,6-13H2,1-2H3,(H,23,26)(H,24,25). The van der Waals surface area contributed by atoms with Crippen molar-refractivity contribution in [2.75, 3.05) is 11.9 Å². The monoisotopic (exact) mass is 354 g/mol. The van der Waals surface area contributed by atoms with Crippen molar-refractivity contribution in [2.24, 2.45) is 23.2 Å². The van der Waals surface area contributed by atoms with Crippen molar-refractivity contribution in [1.29, 1.82) is 0 Å². The lowest BCUT2D eigenvalue weighted by atomic mass is 9.49. The van der Waals surface area contributed by atoms with Gasteiger partial charge in [-0.3, -0.25) is 9.59 Å². The van der Waals surface area contributed by atoms with E-state index in [1.165, 1.54) is 19.3 Å². The molecule has 2 amide bonds. The lowest BCUT2D eigenvalue weighted by Gasteiger charge is -2.55. The number of anilines is 1. The van der Waals surface area contributed by atoms with Crippen LogP contribution in [0.1, 0.15) is 56.1 Å². The van der Waals surface area contributed by atoms with Gasteiger partial charge in [0.2, 0.25) is 11.8 Å². The normalized spacial score (nSPS) is 31.7. The van der Waals surface area contributed by atoms with E-state index in [0.717, 1.165) is 53.8 Å². The Morgan fingerprint density at radius 3 is 2.08 bits per heavy atom. The van der Waals surface area contributed by atoms with Crippen molar-refractivity contribution >= 4 is 17.5 Å². The van der Waals surface area contributed by atoms with Crippen LogP contribution < -0.4 is 10.6 Å². The van der Waals surface area contributed by atoms with E-state index in [9.17, 15) is 9.59 Å². The molecule has 4 saturated carbocycles. The Morgan fingerprint density at radius 1 is 1.00 bits per heavy atom. The number of amides is 2. The van der Waals surface area contributed by atoms with Crippen molar-refractivity contribution in [3.05, 3.63) is 29.3 Å². The molecule has 4 bridgehead atoms. The highest BCUT2D eigenvalue weighted by atomic mass is 16.2. The molecule has 5 rings (SSSR count). The summed E-state index contributed by atoms with van der Waals surface area (Å²) in [6, 6.07) is 5.99. The van der Waals surface area contributed by atoms with Gasteiger partial charge in [0.15, 0.2) is 0 Å². The average molecular weight is 354 g/mol. The summed E-state index contributed by atoms with van der Waals surface area (Å²) in [6.45, 7) is 4.42. The Labute approximate surface area is 156 Å². The maximum atomic E-state index is 12.9. The molecule has 26 heavy (non-hydrogen) atoms. The molecular formula is C22H30N2O2. The first-order valence-corrected chi connectivity index (χ1v) is 10.1. The van der Waals surface area contributed by atoms with Gasteiger partial charge < -0.3 is 10.6 Å². The minimum Gasteiger partial charge on any atom is -0.355 e. The molecular weight excluding hydrogens is 324 g/mol. The summed E-state index contributed by atoms with van der Waals surface area (Å²) in [5, 5.41) is 6.08. The number of aryl methyl sites for hydroxylation is 2. The molecule has 4 fully saturated rings. The van der Waals surface area contributed by atoms with Gasteiger partial charge in [0.1, 0.15) is 0 Å². The Bertz CT molecular complexity index is 669. The number of carbonyl (C=O) groups excluding carboxylic acids is 2. The Kier molecular flexibility index (Phi) is 4.54. The highest BCUT2D eigenvalue weighted by Gasteiger charge is 2.54. The van der Waals surface area contributed by atoms with Crippen LogP contribution in [0.2, 0.25) is 0 Å². The van der Waals surface area contributed by atoms with Crippen LogP contribution in [0.4, 0.5) is 5.69 Å². The summed E-state index contributed by atoms with van der Waals surface area (Å²) in [7, 11) is 0. The van der Waals surface area contributed by atoms with Crippen molar-refractivity contribution in [3.63, 3.8) is 0 Å². The fourth-order valence-electron chi connectivity index (χ4n) is 6.08. The number of nitrogens with one attached hydrogen (secondary N) is 2. The minimum atomic E-state index is -0.127. The summed E-state index contributed by atoms with van der Waals surface area (Å²) in [5.41, 5.74) is 2.90. The number of rotatable bonds is 5. The molecule has 0 atom stereocenters. The average Bonchev–Trinajstić information content (AvgIpc) is 2.57. The predicted molar refractivity (Wildman–Crippen MR) is 103 cm³/mol. The predicted octanol–water partition coefficient (Wildman–Crippen LogP) is 3.96. The highest BCUT2D eigenvalue weighted by Crippen LogP contribution is 2.60. The van der Waals surface area contributed by atoms with Crippen LogP contribution >= 0.6 is 0 Å². The van der Waals surface area contributed by atoms with E-state index in [-0.39, 0.29) is 17.2 Å². The molecule has 0 radical (unpaired) electrons. The first kappa shape index (κ1) is 17.6. The number of benzene rings is 1. The number of hydrogen-bond donors (Lipinski definition) is 2. The number of hydrogen-bond acceptors (Lipinski definition) is 2. The molecule has 1 aromatic carbocycles. The fraction of sp³-hybridized carbons (Fsp3) is 0.636. The van der Waals surface area contributed by atoms with Gasteiger partial charge >= 0.3 is 0 Å². The Morgan fingerprint density at radius 2 is 1.54 bits per heavy atom. The second-order valence-electron chi connectivity index (χ2n) is 9.02. The van der Waals surface area contributed by atoms with Gasteiger partial charge in [-0.1, -0.05) is 18.2 Å². The molecule has 4 aliphatic carbocycles. The van der Waals surface area contributed by atoms with Crippen LogP contribution in [0.3, 0.4) is 0 Å². The lowest BCUT2D eigenvalue weighted by Crippen LogP contribution is -2.53. The summed E-state index contributed by atoms with van der Waals surface area (Å²) in [5.74, 6) is 2.46. The highest BCUT2D eigenvalue weighted by molar-refractivity contribution is 5.93. The van der Waals surface area contributed by atoms with E-state index >= 15 is 0 Å². The van der Waals surface area contributed by atoms with Gasteiger partial charge in [-0.05, 0) is 81.3 Å². The van der Waals surface area contributed by atoms with Crippen molar-refractivity contribution in [2.45, 2.75) is 58.8 Å². The fourth-order valence-corrected chi connectivity index (χ4v) is 6.08. The van der Waals surface area contributed by atoms with Gasteiger partial charge in [-0.2, -0.15) is 0 Å². The third-order valence-corrected chi connectivity index (χ3v) is 6.90. The lowest BCUT2D eigenvalue weighted by molar-refractivity contribution is -0.146. The largest absolute Gasteiger partial charge is 0.355 e. The maximum absolute atomic E-state index is 12.9. The molecule has 4 nitrogen and oxygen atoms in total. The first-order chi connectivity index (χ1) is 12.4. The van der Waals surface area contributed by atoms with E-state index in [1.54, 1.807) is 0 Å². The second kappa shape index (κ2) is 6.71. The van der Waals surface area contributed by atoms with Crippen molar-refractivity contribution in [1.82, 2.24) is 5.32 Å². The third-order valence-electron chi connectivity index (χ3n) is 6.90. The van der Waals surface area contributed by atoms with Gasteiger partial charge in [0.05, 0.1) is 0 Å². The minimum absolute atomic E-state index is 0.0341. The van der Waals surface area contributed by atoms with E-state index < -0.39 is 0 Å². The first-order valence-electron chi connectivity index (χ1n) is 10.1. The van der Waals surface area contributed by atoms with Gasteiger partial charge in [-0.25, -0.2) is 0 Å². The topological polar surface area (TPSA) is 58.2 Å². The summed E-state index contributed by atoms with van der Waals surface area (Å²) < 4.78 is 0. The van der Waals surface area contributed by atoms with Crippen LogP contribution in [0.5, 0.6) is 0 Å². The SMILES string of the molecule is Cc1cccc(C)c1NC(=O)CCNC(=O)C12CC3CC(CC(C3)C1)C2. The third kappa shape index (κ3) is 3.26. The van der Waals surface area contributed by atoms with Crippen LogP contribution in [-0.4, -0.2) is 18.4 Å². The Balaban J connectivity index is 1.29. The van der Waals surface area contributed by atoms with E-state index in [2.05, 4.69) is 10.6 Å². The molecule has 0 aliphatic heterocycles. The molecule has 0 aromatic heterocycles. The van der Waals surface area contributed by atoms with Crippen LogP contribution in [0.25, 0.3) is 0 Å². The van der Waals surface area contributed by atoms with Gasteiger partial charge in [-0.15, -0.1) is 0 Å². The molecule has 0 heterocycles. The summed E-state index contributed by atoms with van der Waals surface area (Å²) >= 11 is 0. The van der Waals surface area contributed by atoms with Crippen LogP contribution in [0, 0.1) is 37.0 Å². The zero-order valence-corrected chi connectivity index (χ0v) is 15.9. The second-order valence-corrected chi connectivity index (χ2v) is 9.02. The van der Waals surface area contributed by atoms with Gasteiger partial charge in [0.25, 0.3) is 0 Å². The van der Waals surface area contributed by atoms with Crippen LogP contribution in [0.15, 0.2) is 18.2 Å². The zero-order chi connectivity index (χ0) is 18.3. The molecule has 4 heteroatoms. The molecule has 4 aliphatic rings. The molecule has 140 valence electrons. The molecule has 0 unspecified atom stereocenters. The summed E-state index contributed by atoms with van der Waals surface area (Å²) in [6.07, 6.45) is 7.55. The maximum Gasteiger partial charge on any atom is 0.226 e. The van der Waals surface area contributed by atoms with Crippen molar-refractivity contribution < 1.29 is 9.59 Å². The quantitative estimate of drug-likeness (QED) is 0.841. The number of carbonyl (C=O) groups is 2. The molecule has 2 N–H and O–H groups in total. The van der Waals surface area contributed by atoms with Crippen molar-refractivity contribution in [3.8, 4) is 0 Å². The van der Waals surface area contributed by atoms with E-state index in [1.807, 2.05) is 32.0 Å². The van der Waals surface area contributed by atoms with E-state index in [0.29, 0.717) is 13.0 Å². The smallest absolute Gasteiger partial charge is 0.226 e. The number of para-hydroxylation sites is 1. The molecule has 0 saturated heterocycles.